The molecular formula is C15H20BrFN2O. The molecule has 1 heterocycles. The number of nitrogens with zero attached hydrogens (tertiary/aromatic N) is 1. The minimum atomic E-state index is -0.492. The number of benzene rings is 1. The van der Waals surface area contributed by atoms with E-state index in [1.165, 1.54) is 38.1 Å². The van der Waals surface area contributed by atoms with Crippen molar-refractivity contribution in [3.63, 3.8) is 0 Å². The molecule has 110 valence electrons. The van der Waals surface area contributed by atoms with Gasteiger partial charge in [-0.05, 0) is 63.5 Å². The first-order chi connectivity index (χ1) is 9.66. The maximum absolute atomic E-state index is 13.6. The molecule has 0 bridgehead atoms. The highest BCUT2D eigenvalue weighted by Gasteiger charge is 2.12. The number of carbonyl (C=O) groups excluding carboxylic acids is 1. The molecule has 3 nitrogen and oxygen atoms in total. The zero-order chi connectivity index (χ0) is 14.4. The van der Waals surface area contributed by atoms with Crippen LogP contribution in [0.25, 0.3) is 0 Å². The Morgan fingerprint density at radius 3 is 2.75 bits per heavy atom. The lowest BCUT2D eigenvalue weighted by atomic mass is 10.2. The summed E-state index contributed by atoms with van der Waals surface area (Å²) in [6.45, 7) is 4.11. The van der Waals surface area contributed by atoms with Crippen LogP contribution in [0.5, 0.6) is 0 Å². The zero-order valence-corrected chi connectivity index (χ0v) is 13.1. The SMILES string of the molecule is O=C(NCCCCN1CCCC1)c1ccc(Br)cc1F. The van der Waals surface area contributed by atoms with E-state index >= 15 is 0 Å². The number of hydrogen-bond donors (Lipinski definition) is 1. The third kappa shape index (κ3) is 4.56. The fourth-order valence-electron chi connectivity index (χ4n) is 2.44. The number of halogens is 2. The predicted octanol–water partition coefficient (Wildman–Crippen LogP) is 3.19. The normalized spacial score (nSPS) is 15.5. The van der Waals surface area contributed by atoms with Gasteiger partial charge in [0.25, 0.3) is 5.91 Å². The number of unbranched alkanes of at least 4 members (excludes halogenated alkanes) is 1. The summed E-state index contributed by atoms with van der Waals surface area (Å²) in [7, 11) is 0. The topological polar surface area (TPSA) is 32.3 Å². The van der Waals surface area contributed by atoms with Gasteiger partial charge in [0.2, 0.25) is 0 Å². The fraction of sp³-hybridized carbons (Fsp3) is 0.533. The van der Waals surface area contributed by atoms with Crippen molar-refractivity contribution in [2.24, 2.45) is 0 Å². The molecule has 0 radical (unpaired) electrons. The number of hydrogen-bond acceptors (Lipinski definition) is 2. The van der Waals surface area contributed by atoms with Crippen molar-refractivity contribution in [2.75, 3.05) is 26.2 Å². The van der Waals surface area contributed by atoms with Gasteiger partial charge in [0.05, 0.1) is 5.56 Å². The molecular weight excluding hydrogens is 323 g/mol. The van der Waals surface area contributed by atoms with Crippen molar-refractivity contribution in [1.29, 1.82) is 0 Å². The quantitative estimate of drug-likeness (QED) is 0.805. The van der Waals surface area contributed by atoms with Crippen molar-refractivity contribution in [3.05, 3.63) is 34.1 Å². The summed E-state index contributed by atoms with van der Waals surface area (Å²) in [4.78, 5) is 14.3. The standard InChI is InChI=1S/C15H20BrFN2O/c16-12-5-6-13(14(17)11-12)15(20)18-7-1-2-8-19-9-3-4-10-19/h5-6,11H,1-4,7-10H2,(H,18,20). The summed E-state index contributed by atoms with van der Waals surface area (Å²) >= 11 is 3.17. The van der Waals surface area contributed by atoms with Gasteiger partial charge < -0.3 is 10.2 Å². The average molecular weight is 343 g/mol. The molecule has 0 atom stereocenters. The van der Waals surface area contributed by atoms with Gasteiger partial charge in [-0.2, -0.15) is 0 Å². The average Bonchev–Trinajstić information content (AvgIpc) is 2.91. The van der Waals surface area contributed by atoms with E-state index in [1.54, 1.807) is 6.07 Å². The number of nitrogens with one attached hydrogen (secondary N) is 1. The van der Waals surface area contributed by atoms with Gasteiger partial charge in [0.1, 0.15) is 5.82 Å². The van der Waals surface area contributed by atoms with Crippen LogP contribution in [0.3, 0.4) is 0 Å². The third-order valence-electron chi connectivity index (χ3n) is 3.56. The number of amides is 1. The van der Waals surface area contributed by atoms with E-state index < -0.39 is 5.82 Å². The van der Waals surface area contributed by atoms with E-state index in [2.05, 4.69) is 26.1 Å². The summed E-state index contributed by atoms with van der Waals surface area (Å²) in [6.07, 6.45) is 4.61. The molecule has 5 heteroatoms. The first-order valence-corrected chi connectivity index (χ1v) is 7.92. The molecule has 1 fully saturated rings. The molecule has 1 aromatic carbocycles. The van der Waals surface area contributed by atoms with E-state index in [-0.39, 0.29) is 11.5 Å². The second-order valence-electron chi connectivity index (χ2n) is 5.14. The van der Waals surface area contributed by atoms with Gasteiger partial charge in [0.15, 0.2) is 0 Å². The molecule has 1 aliphatic rings. The molecule has 1 aliphatic heterocycles. The molecule has 0 aromatic heterocycles. The monoisotopic (exact) mass is 342 g/mol. The van der Waals surface area contributed by atoms with Crippen molar-refractivity contribution in [3.8, 4) is 0 Å². The van der Waals surface area contributed by atoms with Crippen molar-refractivity contribution >= 4 is 21.8 Å². The van der Waals surface area contributed by atoms with Gasteiger partial charge in [-0.3, -0.25) is 4.79 Å². The first kappa shape index (κ1) is 15.4. The molecule has 0 saturated carbocycles. The Hall–Kier alpha value is -0.940. The van der Waals surface area contributed by atoms with Crippen LogP contribution in [0, 0.1) is 5.82 Å². The highest BCUT2D eigenvalue weighted by molar-refractivity contribution is 9.10. The van der Waals surface area contributed by atoms with E-state index in [4.69, 9.17) is 0 Å². The van der Waals surface area contributed by atoms with Crippen molar-refractivity contribution in [1.82, 2.24) is 10.2 Å². The van der Waals surface area contributed by atoms with Crippen LogP contribution in [0.1, 0.15) is 36.0 Å². The van der Waals surface area contributed by atoms with Gasteiger partial charge in [0, 0.05) is 11.0 Å². The second kappa shape index (κ2) is 7.74. The minimum Gasteiger partial charge on any atom is -0.352 e. The lowest BCUT2D eigenvalue weighted by molar-refractivity contribution is 0.0948. The Morgan fingerprint density at radius 1 is 1.30 bits per heavy atom. The Labute approximate surface area is 127 Å². The Morgan fingerprint density at radius 2 is 2.05 bits per heavy atom. The highest BCUT2D eigenvalue weighted by Crippen LogP contribution is 2.15. The van der Waals surface area contributed by atoms with Crippen LogP contribution in [-0.4, -0.2) is 37.0 Å². The van der Waals surface area contributed by atoms with Crippen LogP contribution in [0.15, 0.2) is 22.7 Å². The smallest absolute Gasteiger partial charge is 0.254 e. The predicted molar refractivity (Wildman–Crippen MR) is 81.3 cm³/mol. The summed E-state index contributed by atoms with van der Waals surface area (Å²) in [5.74, 6) is -0.829. The molecule has 0 aliphatic carbocycles. The van der Waals surface area contributed by atoms with E-state index in [0.29, 0.717) is 11.0 Å². The molecule has 0 spiro atoms. The highest BCUT2D eigenvalue weighted by atomic mass is 79.9. The number of likely N-dealkylation sites (tertiary alicyclic amines) is 1. The van der Waals surface area contributed by atoms with Crippen LogP contribution in [0.2, 0.25) is 0 Å². The second-order valence-corrected chi connectivity index (χ2v) is 6.05. The summed E-state index contributed by atoms with van der Waals surface area (Å²) in [5.41, 5.74) is 0.104. The van der Waals surface area contributed by atoms with Crippen LogP contribution < -0.4 is 5.32 Å². The molecule has 1 amide bonds. The lowest BCUT2D eigenvalue weighted by Crippen LogP contribution is -2.26. The van der Waals surface area contributed by atoms with E-state index in [0.717, 1.165) is 19.4 Å². The first-order valence-electron chi connectivity index (χ1n) is 7.12. The molecule has 0 unspecified atom stereocenters. The third-order valence-corrected chi connectivity index (χ3v) is 4.05. The molecule has 1 aromatic rings. The van der Waals surface area contributed by atoms with Crippen LogP contribution >= 0.6 is 15.9 Å². The Balaban J connectivity index is 1.66. The molecule has 1 saturated heterocycles. The van der Waals surface area contributed by atoms with Crippen molar-refractivity contribution in [2.45, 2.75) is 25.7 Å². The van der Waals surface area contributed by atoms with E-state index in [1.807, 2.05) is 0 Å². The summed E-state index contributed by atoms with van der Waals surface area (Å²) in [5, 5.41) is 2.77. The molecule has 20 heavy (non-hydrogen) atoms. The minimum absolute atomic E-state index is 0.104. The number of rotatable bonds is 6. The van der Waals surface area contributed by atoms with E-state index in [9.17, 15) is 9.18 Å². The van der Waals surface area contributed by atoms with Gasteiger partial charge in [-0.1, -0.05) is 15.9 Å². The van der Waals surface area contributed by atoms with Crippen LogP contribution in [0.4, 0.5) is 4.39 Å². The maximum Gasteiger partial charge on any atom is 0.254 e. The van der Waals surface area contributed by atoms with Gasteiger partial charge in [-0.15, -0.1) is 0 Å². The summed E-state index contributed by atoms with van der Waals surface area (Å²) < 4.78 is 14.2. The molecule has 2 rings (SSSR count). The fourth-order valence-corrected chi connectivity index (χ4v) is 2.77. The number of carbonyl (C=O) groups is 1. The van der Waals surface area contributed by atoms with Gasteiger partial charge >= 0.3 is 0 Å². The maximum atomic E-state index is 13.6. The Bertz CT molecular complexity index is 461. The van der Waals surface area contributed by atoms with Crippen LogP contribution in [-0.2, 0) is 0 Å². The lowest BCUT2D eigenvalue weighted by Gasteiger charge is -2.14. The van der Waals surface area contributed by atoms with Crippen molar-refractivity contribution < 1.29 is 9.18 Å². The summed E-state index contributed by atoms with van der Waals surface area (Å²) in [6, 6.07) is 4.48. The molecule has 1 N–H and O–H groups in total. The Kier molecular flexibility index (Phi) is 5.98. The largest absolute Gasteiger partial charge is 0.352 e. The van der Waals surface area contributed by atoms with Gasteiger partial charge in [-0.25, -0.2) is 4.39 Å². The zero-order valence-electron chi connectivity index (χ0n) is 11.5.